The third kappa shape index (κ3) is 6.68. The summed E-state index contributed by atoms with van der Waals surface area (Å²) in [7, 11) is -2.72. The van der Waals surface area contributed by atoms with Crippen molar-refractivity contribution in [1.29, 1.82) is 0 Å². The first-order valence-corrected chi connectivity index (χ1v) is 12.7. The number of carbonyl (C=O) groups is 1. The fraction of sp³-hybridized carbons (Fsp3) is 0.182. The molecule has 2 N–H and O–H groups in total. The molecule has 0 bridgehead atoms. The van der Waals surface area contributed by atoms with Gasteiger partial charge >= 0.3 is 0 Å². The zero-order valence-corrected chi connectivity index (χ0v) is 20.0. The van der Waals surface area contributed by atoms with Gasteiger partial charge in [-0.2, -0.15) is 16.1 Å². The van der Waals surface area contributed by atoms with E-state index in [-0.39, 0.29) is 10.6 Å². The number of amides is 1. The first-order valence-electron chi connectivity index (χ1n) is 9.74. The minimum Gasteiger partial charge on any atom is -0.457 e. The van der Waals surface area contributed by atoms with Crippen molar-refractivity contribution in [1.82, 2.24) is 14.8 Å². The molecule has 33 heavy (non-hydrogen) atoms. The molecule has 3 rings (SSSR count). The van der Waals surface area contributed by atoms with Crippen LogP contribution in [0.2, 0.25) is 5.02 Å². The van der Waals surface area contributed by atoms with Gasteiger partial charge in [0.2, 0.25) is 10.0 Å². The van der Waals surface area contributed by atoms with Crippen LogP contribution in [0.3, 0.4) is 0 Å². The number of sulfonamides is 1. The van der Waals surface area contributed by atoms with Crippen molar-refractivity contribution >= 4 is 39.3 Å². The Labute approximate surface area is 201 Å². The van der Waals surface area contributed by atoms with Gasteiger partial charge in [-0.1, -0.05) is 17.7 Å². The number of benzene rings is 2. The lowest BCUT2D eigenvalue weighted by molar-refractivity contribution is -0.132. The Morgan fingerprint density at radius 1 is 1.12 bits per heavy atom. The van der Waals surface area contributed by atoms with Crippen LogP contribution in [0, 0.1) is 0 Å². The molecule has 0 aliphatic carbocycles. The smallest absolute Gasteiger partial charge is 0.262 e. The fourth-order valence-electron chi connectivity index (χ4n) is 2.83. The first kappa shape index (κ1) is 25.0. The van der Waals surface area contributed by atoms with Crippen molar-refractivity contribution in [2.24, 2.45) is 0 Å². The Morgan fingerprint density at radius 3 is 2.33 bits per heavy atom. The lowest BCUT2D eigenvalue weighted by Gasteiger charge is -2.25. The maximum absolute atomic E-state index is 13.1. The first-order chi connectivity index (χ1) is 15.8. The number of ether oxygens (including phenoxy) is 1. The van der Waals surface area contributed by atoms with E-state index in [1.165, 1.54) is 43.1 Å². The Morgan fingerprint density at radius 2 is 1.76 bits per heavy atom. The normalized spacial score (nSPS) is 12.4. The van der Waals surface area contributed by atoms with E-state index in [9.17, 15) is 13.2 Å². The van der Waals surface area contributed by atoms with Crippen LogP contribution < -0.4 is 10.2 Å². The molecule has 0 saturated carbocycles. The molecule has 8 nitrogen and oxygen atoms in total. The molecule has 1 heterocycles. The van der Waals surface area contributed by atoms with Crippen LogP contribution in [-0.4, -0.2) is 47.7 Å². The van der Waals surface area contributed by atoms with Gasteiger partial charge < -0.3 is 4.74 Å². The molecular weight excluding hydrogens is 486 g/mol. The van der Waals surface area contributed by atoms with E-state index in [4.69, 9.17) is 21.5 Å². The topological polar surface area (TPSA) is 109 Å². The second kappa shape index (κ2) is 11.5. The molecule has 2 aromatic carbocycles. The van der Waals surface area contributed by atoms with Crippen LogP contribution in [0.25, 0.3) is 0 Å². The summed E-state index contributed by atoms with van der Waals surface area (Å²) in [5, 5.41) is 9.71. The predicted octanol–water partition coefficient (Wildman–Crippen LogP) is 3.96. The number of rotatable bonds is 10. The lowest BCUT2D eigenvalue weighted by atomic mass is 10.3. The average Bonchev–Trinajstić information content (AvgIpc) is 2.83. The molecular formula is C22H22ClN3O5S2. The molecule has 0 unspecified atom stereocenters. The van der Waals surface area contributed by atoms with Crippen LogP contribution in [0.4, 0.5) is 0 Å². The van der Waals surface area contributed by atoms with Crippen molar-refractivity contribution in [3.05, 3.63) is 83.6 Å². The van der Waals surface area contributed by atoms with Crippen LogP contribution >= 0.6 is 23.4 Å². The standard InChI is InChI=1S/C22H22ClN3O5S2/c1-26(21(22(27)25-28)15-32-14-17-4-2-3-13-24-17)33(29,30)20-11-9-19(10-12-20)31-18-7-5-16(23)6-8-18/h2-13,21,28H,14-15H2,1H3,(H,25,27)/t21-/m1/s1. The summed E-state index contributed by atoms with van der Waals surface area (Å²) in [6.07, 6.45) is 1.66. The molecule has 0 radical (unpaired) electrons. The molecule has 0 fully saturated rings. The van der Waals surface area contributed by atoms with Gasteiger partial charge in [-0.25, -0.2) is 13.9 Å². The van der Waals surface area contributed by atoms with Gasteiger partial charge in [-0.15, -0.1) is 0 Å². The van der Waals surface area contributed by atoms with Crippen LogP contribution in [0.5, 0.6) is 11.5 Å². The van der Waals surface area contributed by atoms with E-state index >= 15 is 0 Å². The number of hydrogen-bond acceptors (Lipinski definition) is 7. The summed E-state index contributed by atoms with van der Waals surface area (Å²) < 4.78 is 32.9. The molecule has 3 aromatic rings. The summed E-state index contributed by atoms with van der Waals surface area (Å²) in [5.41, 5.74) is 2.35. The summed E-state index contributed by atoms with van der Waals surface area (Å²) in [5.74, 6) is 0.778. The highest BCUT2D eigenvalue weighted by molar-refractivity contribution is 7.98. The summed E-state index contributed by atoms with van der Waals surface area (Å²) >= 11 is 7.19. The van der Waals surface area contributed by atoms with Crippen molar-refractivity contribution in [2.75, 3.05) is 12.8 Å². The molecule has 11 heteroatoms. The third-order valence-electron chi connectivity index (χ3n) is 4.65. The molecule has 1 amide bonds. The zero-order valence-electron chi connectivity index (χ0n) is 17.6. The van der Waals surface area contributed by atoms with Crippen molar-refractivity contribution in [2.45, 2.75) is 16.7 Å². The molecule has 0 aliphatic rings. The van der Waals surface area contributed by atoms with Gasteiger partial charge in [0.1, 0.15) is 17.5 Å². The highest BCUT2D eigenvalue weighted by atomic mass is 35.5. The number of pyridine rings is 1. The quantitative estimate of drug-likeness (QED) is 0.316. The number of thioether (sulfide) groups is 1. The summed E-state index contributed by atoms with van der Waals surface area (Å²) in [6, 6.07) is 16.9. The van der Waals surface area contributed by atoms with Crippen molar-refractivity contribution in [3.8, 4) is 11.5 Å². The Balaban J connectivity index is 1.70. The minimum absolute atomic E-state index is 0.0149. The van der Waals surface area contributed by atoms with E-state index in [1.54, 1.807) is 42.0 Å². The zero-order chi connectivity index (χ0) is 23.8. The number of hydrogen-bond donors (Lipinski definition) is 2. The fourth-order valence-corrected chi connectivity index (χ4v) is 5.47. The number of likely N-dealkylation sites (N-methyl/N-ethyl adjacent to an activating group) is 1. The van der Waals surface area contributed by atoms with Crippen LogP contribution in [0.1, 0.15) is 5.69 Å². The third-order valence-corrected chi connectivity index (χ3v) is 7.84. The largest absolute Gasteiger partial charge is 0.457 e. The second-order valence-corrected chi connectivity index (χ2v) is 10.3. The molecule has 174 valence electrons. The maximum Gasteiger partial charge on any atom is 0.262 e. The number of nitrogens with one attached hydrogen (secondary N) is 1. The Kier molecular flexibility index (Phi) is 8.70. The Bertz CT molecular complexity index is 1160. The minimum atomic E-state index is -4.02. The highest BCUT2D eigenvalue weighted by Crippen LogP contribution is 2.26. The summed E-state index contributed by atoms with van der Waals surface area (Å²) in [4.78, 5) is 16.4. The van der Waals surface area contributed by atoms with E-state index in [2.05, 4.69) is 4.98 Å². The summed E-state index contributed by atoms with van der Waals surface area (Å²) in [6.45, 7) is 0. The van der Waals surface area contributed by atoms with Crippen molar-refractivity contribution < 1.29 is 23.2 Å². The number of carbonyl (C=O) groups excluding carboxylic acids is 1. The van der Waals surface area contributed by atoms with Gasteiger partial charge in [-0.05, 0) is 60.7 Å². The molecule has 1 aromatic heterocycles. The van der Waals surface area contributed by atoms with Gasteiger partial charge in [0, 0.05) is 29.8 Å². The molecule has 0 aliphatic heterocycles. The average molecular weight is 508 g/mol. The van der Waals surface area contributed by atoms with E-state index in [1.807, 2.05) is 12.1 Å². The van der Waals surface area contributed by atoms with Gasteiger partial charge in [0.15, 0.2) is 0 Å². The van der Waals surface area contributed by atoms with Gasteiger partial charge in [-0.3, -0.25) is 15.0 Å². The number of aromatic nitrogens is 1. The molecule has 0 saturated heterocycles. The number of hydroxylamine groups is 1. The van der Waals surface area contributed by atoms with E-state index < -0.39 is 22.0 Å². The maximum atomic E-state index is 13.1. The van der Waals surface area contributed by atoms with Crippen LogP contribution in [0.15, 0.2) is 77.8 Å². The van der Waals surface area contributed by atoms with Gasteiger partial charge in [0.25, 0.3) is 5.91 Å². The predicted molar refractivity (Wildman–Crippen MR) is 127 cm³/mol. The molecule has 1 atom stereocenters. The molecule has 0 spiro atoms. The monoisotopic (exact) mass is 507 g/mol. The lowest BCUT2D eigenvalue weighted by Crippen LogP contribution is -2.48. The van der Waals surface area contributed by atoms with E-state index in [0.717, 1.165) is 10.00 Å². The van der Waals surface area contributed by atoms with E-state index in [0.29, 0.717) is 22.3 Å². The SMILES string of the molecule is CN([C@H](CSCc1ccccn1)C(=O)NO)S(=O)(=O)c1ccc(Oc2ccc(Cl)cc2)cc1. The Hall–Kier alpha value is -2.63. The number of halogens is 1. The van der Waals surface area contributed by atoms with Gasteiger partial charge in [0.05, 0.1) is 10.6 Å². The van der Waals surface area contributed by atoms with Crippen LogP contribution in [-0.2, 0) is 20.6 Å². The van der Waals surface area contributed by atoms with Crippen molar-refractivity contribution in [3.63, 3.8) is 0 Å². The second-order valence-electron chi connectivity index (χ2n) is 6.88. The highest BCUT2D eigenvalue weighted by Gasteiger charge is 2.33. The number of nitrogens with zero attached hydrogens (tertiary/aromatic N) is 2.